The number of nitrogens with zero attached hydrogens (tertiary/aromatic N) is 1. The summed E-state index contributed by atoms with van der Waals surface area (Å²) < 4.78 is 58.4. The van der Waals surface area contributed by atoms with Gasteiger partial charge in [-0.05, 0) is 26.0 Å². The van der Waals surface area contributed by atoms with Crippen LogP contribution in [-0.4, -0.2) is 36.3 Å². The normalized spacial score (nSPS) is 31.4. The third-order valence-corrected chi connectivity index (χ3v) is 3.05. The Morgan fingerprint density at radius 3 is 2.85 bits per heavy atom. The van der Waals surface area contributed by atoms with E-state index in [2.05, 4.69) is 15.6 Å². The minimum atomic E-state index is -4.41. The summed E-state index contributed by atoms with van der Waals surface area (Å²) in [5.74, 6) is 0.293. The van der Waals surface area contributed by atoms with Crippen LogP contribution in [-0.2, 0) is 10.9 Å². The summed E-state index contributed by atoms with van der Waals surface area (Å²) in [6.07, 6.45) is -4.47. The Morgan fingerprint density at radius 2 is 2.25 bits per heavy atom. The molecule has 1 aromatic heterocycles. The molecule has 2 heterocycles. The smallest absolute Gasteiger partial charge is 0.373 e. The second-order valence-corrected chi connectivity index (χ2v) is 4.69. The van der Waals surface area contributed by atoms with Crippen molar-refractivity contribution in [1.29, 1.82) is 0 Å². The molecule has 112 valence electrons. The minimum Gasteiger partial charge on any atom is -0.373 e. The molecule has 0 radical (unpaired) electrons. The molecule has 1 fully saturated rings. The molecule has 4 nitrogen and oxygen atoms in total. The summed E-state index contributed by atoms with van der Waals surface area (Å²) in [6.45, 7) is 2.08. The van der Waals surface area contributed by atoms with Gasteiger partial charge in [0.05, 0.1) is 23.8 Å². The lowest BCUT2D eigenvalue weighted by atomic mass is 10.1. The zero-order valence-electron chi connectivity index (χ0n) is 13.2. The molecule has 2 rings (SSSR count). The number of aromatic nitrogens is 1. The van der Waals surface area contributed by atoms with Gasteiger partial charge in [0, 0.05) is 22.0 Å². The number of anilines is 1. The van der Waals surface area contributed by atoms with Gasteiger partial charge in [-0.15, -0.1) is 0 Å². The number of hydrogen-bond acceptors (Lipinski definition) is 4. The van der Waals surface area contributed by atoms with E-state index in [0.717, 1.165) is 12.3 Å². The zero-order chi connectivity index (χ0) is 16.5. The average molecular weight is 291 g/mol. The van der Waals surface area contributed by atoms with Gasteiger partial charge in [-0.2, -0.15) is 13.2 Å². The van der Waals surface area contributed by atoms with E-state index in [4.69, 9.17) is 7.48 Å². The molecule has 0 aromatic carbocycles. The number of pyridine rings is 1. The first kappa shape index (κ1) is 12.4. The van der Waals surface area contributed by atoms with Crippen LogP contribution in [0.4, 0.5) is 19.0 Å². The number of ether oxygens (including phenoxy) is 1. The van der Waals surface area contributed by atoms with Crippen LogP contribution in [0, 0.1) is 0 Å². The molecule has 1 saturated heterocycles. The van der Waals surface area contributed by atoms with Gasteiger partial charge in [0.1, 0.15) is 5.82 Å². The van der Waals surface area contributed by atoms with E-state index in [9.17, 15) is 13.2 Å². The maximum absolute atomic E-state index is 12.4. The number of nitrogens with one attached hydrogen (secondary N) is 2. The Morgan fingerprint density at radius 1 is 1.50 bits per heavy atom. The van der Waals surface area contributed by atoms with Crippen molar-refractivity contribution in [3.63, 3.8) is 0 Å². The molecule has 0 saturated carbocycles. The monoisotopic (exact) mass is 291 g/mol. The molecule has 1 aromatic rings. The molecular weight excluding hydrogens is 271 g/mol. The molecule has 2 N–H and O–H groups in total. The number of hydrogen-bond donors (Lipinski definition) is 2. The Balaban J connectivity index is 1.95. The van der Waals surface area contributed by atoms with Crippen LogP contribution >= 0.6 is 0 Å². The highest BCUT2D eigenvalue weighted by atomic mass is 19.4. The summed E-state index contributed by atoms with van der Waals surface area (Å²) in [5.41, 5.74) is -0.810. The van der Waals surface area contributed by atoms with Gasteiger partial charge in [0.25, 0.3) is 0 Å². The molecule has 1 aliphatic rings. The van der Waals surface area contributed by atoms with Crippen LogP contribution in [0.25, 0.3) is 0 Å². The number of rotatable bonds is 3. The molecule has 3 atom stereocenters. The summed E-state index contributed by atoms with van der Waals surface area (Å²) in [6, 6.07) is 1.87. The lowest BCUT2D eigenvalue weighted by molar-refractivity contribution is -0.137. The summed E-state index contributed by atoms with van der Waals surface area (Å²) >= 11 is 0. The van der Waals surface area contributed by atoms with Gasteiger partial charge >= 0.3 is 6.18 Å². The quantitative estimate of drug-likeness (QED) is 0.897. The highest BCUT2D eigenvalue weighted by Crippen LogP contribution is 2.28. The van der Waals surface area contributed by atoms with E-state index >= 15 is 0 Å². The van der Waals surface area contributed by atoms with Crippen molar-refractivity contribution in [2.24, 2.45) is 0 Å². The molecule has 0 bridgehead atoms. The van der Waals surface area contributed by atoms with Gasteiger partial charge in [0.15, 0.2) is 0 Å². The third-order valence-electron chi connectivity index (χ3n) is 3.05. The van der Waals surface area contributed by atoms with Crippen molar-refractivity contribution in [2.75, 3.05) is 18.4 Å². The van der Waals surface area contributed by atoms with Crippen LogP contribution < -0.4 is 10.6 Å². The van der Waals surface area contributed by atoms with E-state index < -0.39 is 24.3 Å². The summed E-state index contributed by atoms with van der Waals surface area (Å²) in [7, 11) is 0. The van der Waals surface area contributed by atoms with Crippen LogP contribution in [0.2, 0.25) is 0 Å². The molecule has 0 spiro atoms. The van der Waals surface area contributed by atoms with Crippen molar-refractivity contribution in [1.82, 2.24) is 10.3 Å². The highest BCUT2D eigenvalue weighted by molar-refractivity contribution is 5.36. The van der Waals surface area contributed by atoms with E-state index in [0.29, 0.717) is 5.82 Å². The lowest BCUT2D eigenvalue weighted by Crippen LogP contribution is -2.53. The lowest BCUT2D eigenvalue weighted by Gasteiger charge is -2.34. The van der Waals surface area contributed by atoms with Crippen molar-refractivity contribution < 1.29 is 20.6 Å². The van der Waals surface area contributed by atoms with Gasteiger partial charge in [-0.3, -0.25) is 0 Å². The Labute approximate surface area is 118 Å². The van der Waals surface area contributed by atoms with E-state index in [1.54, 1.807) is 6.92 Å². The van der Waals surface area contributed by atoms with Gasteiger partial charge < -0.3 is 15.4 Å². The molecule has 1 aliphatic heterocycles. The van der Waals surface area contributed by atoms with E-state index in [-0.39, 0.29) is 18.7 Å². The van der Waals surface area contributed by atoms with Gasteiger partial charge in [-0.1, -0.05) is 0 Å². The first-order valence-electron chi connectivity index (χ1n) is 7.30. The fraction of sp³-hybridized carbons (Fsp3) is 0.615. The molecule has 20 heavy (non-hydrogen) atoms. The third kappa shape index (κ3) is 3.83. The zero-order valence-corrected chi connectivity index (χ0v) is 11.2. The molecular formula is C13H18F3N3O. The SMILES string of the molecule is [2H]C1([2H])N[C@H](CNc2ccc(C(F)(F)F)cn2)[C@H](C)O[C@@H]1C. The Kier molecular flexibility index (Phi) is 3.70. The van der Waals surface area contributed by atoms with Crippen molar-refractivity contribution in [3.8, 4) is 0 Å². The van der Waals surface area contributed by atoms with Crippen molar-refractivity contribution in [2.45, 2.75) is 38.3 Å². The predicted molar refractivity (Wildman–Crippen MR) is 69.5 cm³/mol. The molecule has 0 aliphatic carbocycles. The molecule has 7 heteroatoms. The summed E-state index contributed by atoms with van der Waals surface area (Å²) in [5, 5.41) is 5.72. The van der Waals surface area contributed by atoms with Crippen LogP contribution in [0.1, 0.15) is 22.2 Å². The van der Waals surface area contributed by atoms with Gasteiger partial charge in [-0.25, -0.2) is 4.98 Å². The van der Waals surface area contributed by atoms with Crippen LogP contribution in [0.15, 0.2) is 18.3 Å². The Bertz CT molecular complexity index is 510. The van der Waals surface area contributed by atoms with Gasteiger partial charge in [0.2, 0.25) is 0 Å². The molecule has 0 amide bonds. The van der Waals surface area contributed by atoms with E-state index in [1.165, 1.54) is 6.07 Å². The van der Waals surface area contributed by atoms with E-state index in [1.807, 2.05) is 6.92 Å². The Hall–Kier alpha value is -1.34. The number of halogens is 3. The maximum atomic E-state index is 12.4. The minimum absolute atomic E-state index is 0.235. The van der Waals surface area contributed by atoms with Crippen molar-refractivity contribution in [3.05, 3.63) is 23.9 Å². The largest absolute Gasteiger partial charge is 0.417 e. The fourth-order valence-electron chi connectivity index (χ4n) is 1.89. The van der Waals surface area contributed by atoms with Crippen LogP contribution in [0.5, 0.6) is 0 Å². The number of alkyl halides is 3. The average Bonchev–Trinajstić information content (AvgIpc) is 2.41. The maximum Gasteiger partial charge on any atom is 0.417 e. The topological polar surface area (TPSA) is 46.2 Å². The standard InChI is InChI=1S/C13H18F3N3O/c1-8-5-17-11(9(2)20-8)7-19-12-4-3-10(6-18-12)13(14,15)16/h3-4,6,8-9,11,17H,5,7H2,1-2H3,(H,18,19)/t8-,9+,11-/m1/s1/i5D2. The second-order valence-electron chi connectivity index (χ2n) is 4.69. The van der Waals surface area contributed by atoms with Crippen molar-refractivity contribution >= 4 is 5.82 Å². The summed E-state index contributed by atoms with van der Waals surface area (Å²) in [4.78, 5) is 3.71. The van der Waals surface area contributed by atoms with Crippen LogP contribution in [0.3, 0.4) is 0 Å². The first-order chi connectivity index (χ1) is 10.1. The number of morpholine rings is 1. The molecule has 0 unspecified atom stereocenters. The predicted octanol–water partition coefficient (Wildman–Crippen LogP) is 2.28. The highest BCUT2D eigenvalue weighted by Gasteiger charge is 2.30. The fourth-order valence-corrected chi connectivity index (χ4v) is 1.89. The second kappa shape index (κ2) is 5.97. The first-order valence-corrected chi connectivity index (χ1v) is 6.30.